The largest absolute Gasteiger partial charge is 0.480 e. The maximum atomic E-state index is 12.3. The lowest BCUT2D eigenvalue weighted by atomic mass is 10.1. The lowest BCUT2D eigenvalue weighted by Gasteiger charge is -2.11. The zero-order valence-electron chi connectivity index (χ0n) is 6.84. The summed E-state index contributed by atoms with van der Waals surface area (Å²) in [5.41, 5.74) is -1.000. The van der Waals surface area contributed by atoms with Gasteiger partial charge in [0.05, 0.1) is 15.0 Å². The highest BCUT2D eigenvalue weighted by molar-refractivity contribution is 7.10. The first-order chi connectivity index (χ1) is 6.49. The van der Waals surface area contributed by atoms with E-state index in [1.54, 1.807) is 9.47 Å². The first kappa shape index (κ1) is 11.0. The maximum absolute atomic E-state index is 12.3. The third-order valence-electron chi connectivity index (χ3n) is 1.57. The topological polar surface area (TPSA) is 26.3 Å². The number of alkyl halides is 3. The Morgan fingerprint density at radius 1 is 1.36 bits per heavy atom. The second-order valence-corrected chi connectivity index (χ2v) is 2.72. The first-order valence-electron chi connectivity index (χ1n) is 3.52. The Morgan fingerprint density at radius 3 is 2.43 bits per heavy atom. The van der Waals surface area contributed by atoms with Crippen LogP contribution in [0.15, 0.2) is 18.2 Å². The molecule has 14 heavy (non-hydrogen) atoms. The third-order valence-corrected chi connectivity index (χ3v) is 1.83. The van der Waals surface area contributed by atoms with E-state index in [4.69, 9.17) is 0 Å². The van der Waals surface area contributed by atoms with Crippen LogP contribution in [0.2, 0.25) is 0 Å². The molecule has 0 spiro atoms. The molecule has 0 fully saturated rings. The fourth-order valence-electron chi connectivity index (χ4n) is 0.945. The van der Waals surface area contributed by atoms with Gasteiger partial charge in [-0.25, -0.2) is 0 Å². The van der Waals surface area contributed by atoms with Gasteiger partial charge in [0, 0.05) is 5.56 Å². The van der Waals surface area contributed by atoms with Gasteiger partial charge in [-0.2, -0.15) is 13.2 Å². The lowest BCUT2D eigenvalue weighted by Crippen LogP contribution is -2.07. The Hall–Kier alpha value is -1.09. The summed E-state index contributed by atoms with van der Waals surface area (Å²) in [6.45, 7) is 0. The predicted octanol–water partition coefficient (Wildman–Crippen LogP) is 2.69. The van der Waals surface area contributed by atoms with Crippen molar-refractivity contribution in [2.75, 3.05) is 0 Å². The Bertz CT molecular complexity index is 349. The summed E-state index contributed by atoms with van der Waals surface area (Å²) in [4.78, 5) is 10.3. The molecule has 76 valence electrons. The van der Waals surface area contributed by atoms with E-state index in [0.717, 1.165) is 12.1 Å². The Labute approximate surface area is 80.3 Å². The van der Waals surface area contributed by atoms with Crippen molar-refractivity contribution in [3.8, 4) is 5.75 Å². The van der Waals surface area contributed by atoms with Gasteiger partial charge in [0.25, 0.3) is 0 Å². The second-order valence-electron chi connectivity index (χ2n) is 2.49. The lowest BCUT2D eigenvalue weighted by molar-refractivity contribution is -0.138. The van der Waals surface area contributed by atoms with Crippen molar-refractivity contribution < 1.29 is 22.5 Å². The minimum absolute atomic E-state index is 0.0388. The summed E-state index contributed by atoms with van der Waals surface area (Å²) in [6, 6.07) is 3.09. The molecule has 1 aromatic carbocycles. The molecule has 0 saturated heterocycles. The molecular weight excluding hydrogens is 216 g/mol. The van der Waals surface area contributed by atoms with Gasteiger partial charge in [-0.15, -0.1) is 0 Å². The third kappa shape index (κ3) is 2.23. The molecule has 0 bridgehead atoms. The highest BCUT2D eigenvalue weighted by atomic mass is 31.0. The Morgan fingerprint density at radius 2 is 2.00 bits per heavy atom. The predicted molar refractivity (Wildman–Crippen MR) is 47.2 cm³/mol. The fourth-order valence-corrected chi connectivity index (χ4v) is 1.15. The standard InChI is InChI=1S/C8H6F3O2P/c9-8(10,11)6-3-5(4-12)1-2-7(6)13-14/h1-4H,14H2. The van der Waals surface area contributed by atoms with E-state index in [9.17, 15) is 18.0 Å². The summed E-state index contributed by atoms with van der Waals surface area (Å²) in [5, 5.41) is 0. The minimum atomic E-state index is -4.52. The van der Waals surface area contributed by atoms with Crippen LogP contribution in [0.5, 0.6) is 5.75 Å². The van der Waals surface area contributed by atoms with Crippen molar-refractivity contribution in [2.45, 2.75) is 6.18 Å². The summed E-state index contributed by atoms with van der Waals surface area (Å²) < 4.78 is 41.5. The number of aldehydes is 1. The smallest absolute Gasteiger partial charge is 0.419 e. The first-order valence-corrected chi connectivity index (χ1v) is 3.99. The number of hydrogen-bond donors (Lipinski definition) is 0. The van der Waals surface area contributed by atoms with Crippen LogP contribution in [0.25, 0.3) is 0 Å². The molecule has 6 heteroatoms. The highest BCUT2D eigenvalue weighted by Crippen LogP contribution is 2.37. The van der Waals surface area contributed by atoms with E-state index in [1.165, 1.54) is 6.07 Å². The second kappa shape index (κ2) is 3.96. The number of benzene rings is 1. The number of rotatable bonds is 2. The van der Waals surface area contributed by atoms with Crippen molar-refractivity contribution in [1.29, 1.82) is 0 Å². The molecule has 1 rings (SSSR count). The molecule has 0 radical (unpaired) electrons. The molecule has 0 saturated carbocycles. The van der Waals surface area contributed by atoms with E-state index in [2.05, 4.69) is 4.52 Å². The normalized spacial score (nSPS) is 11.1. The monoisotopic (exact) mass is 222 g/mol. The van der Waals surface area contributed by atoms with Gasteiger partial charge in [-0.05, 0) is 18.2 Å². The van der Waals surface area contributed by atoms with Crippen LogP contribution in [-0.2, 0) is 6.18 Å². The van der Waals surface area contributed by atoms with Crippen LogP contribution in [0.4, 0.5) is 13.2 Å². The van der Waals surface area contributed by atoms with Crippen LogP contribution in [0.3, 0.4) is 0 Å². The SMILES string of the molecule is O=Cc1ccc(OP)c(C(F)(F)F)c1. The van der Waals surface area contributed by atoms with E-state index in [1.807, 2.05) is 0 Å². The van der Waals surface area contributed by atoms with E-state index < -0.39 is 11.7 Å². The van der Waals surface area contributed by atoms with Crippen molar-refractivity contribution in [2.24, 2.45) is 0 Å². The summed E-state index contributed by atoms with van der Waals surface area (Å²) >= 11 is 0. The molecule has 0 N–H and O–H groups in total. The summed E-state index contributed by atoms with van der Waals surface area (Å²) in [5.74, 6) is -0.326. The summed E-state index contributed by atoms with van der Waals surface area (Å²) in [7, 11) is 1.73. The molecule has 1 unspecified atom stereocenters. The van der Waals surface area contributed by atoms with Gasteiger partial charge in [0.2, 0.25) is 0 Å². The quantitative estimate of drug-likeness (QED) is 0.568. The highest BCUT2D eigenvalue weighted by Gasteiger charge is 2.34. The van der Waals surface area contributed by atoms with Gasteiger partial charge in [0.15, 0.2) is 0 Å². The molecule has 1 aromatic rings. The Kier molecular flexibility index (Phi) is 3.11. The van der Waals surface area contributed by atoms with E-state index in [-0.39, 0.29) is 11.3 Å². The van der Waals surface area contributed by atoms with Crippen molar-refractivity contribution >= 4 is 15.8 Å². The van der Waals surface area contributed by atoms with Crippen molar-refractivity contribution in [3.63, 3.8) is 0 Å². The average molecular weight is 222 g/mol. The van der Waals surface area contributed by atoms with E-state index in [0.29, 0.717) is 6.29 Å². The number of carbonyl (C=O) groups is 1. The summed E-state index contributed by atoms with van der Waals surface area (Å²) in [6.07, 6.45) is -4.17. The molecule has 1 atom stereocenters. The van der Waals surface area contributed by atoms with Crippen LogP contribution >= 0.6 is 9.47 Å². The Balaban J connectivity index is 3.29. The molecule has 0 aliphatic rings. The van der Waals surface area contributed by atoms with Gasteiger partial charge in [0.1, 0.15) is 12.0 Å². The molecular formula is C8H6F3O2P. The molecule has 0 aromatic heterocycles. The number of carbonyl (C=O) groups excluding carboxylic acids is 1. The van der Waals surface area contributed by atoms with Gasteiger partial charge < -0.3 is 4.52 Å². The van der Waals surface area contributed by atoms with Gasteiger partial charge in [-0.1, -0.05) is 0 Å². The fraction of sp³-hybridized carbons (Fsp3) is 0.125. The van der Waals surface area contributed by atoms with Crippen molar-refractivity contribution in [1.82, 2.24) is 0 Å². The maximum Gasteiger partial charge on any atom is 0.419 e. The van der Waals surface area contributed by atoms with Crippen LogP contribution < -0.4 is 4.52 Å². The number of halogens is 3. The zero-order chi connectivity index (χ0) is 10.8. The number of hydrogen-bond acceptors (Lipinski definition) is 2. The van der Waals surface area contributed by atoms with Gasteiger partial charge in [-0.3, -0.25) is 4.79 Å². The zero-order valence-corrected chi connectivity index (χ0v) is 7.99. The molecule has 0 heterocycles. The van der Waals surface area contributed by atoms with Gasteiger partial charge >= 0.3 is 6.18 Å². The molecule has 0 aliphatic heterocycles. The van der Waals surface area contributed by atoms with E-state index >= 15 is 0 Å². The molecule has 0 amide bonds. The van der Waals surface area contributed by atoms with Crippen LogP contribution in [-0.4, -0.2) is 6.29 Å². The van der Waals surface area contributed by atoms with Crippen molar-refractivity contribution in [3.05, 3.63) is 29.3 Å². The van der Waals surface area contributed by atoms with Crippen LogP contribution in [0, 0.1) is 0 Å². The minimum Gasteiger partial charge on any atom is -0.480 e. The van der Waals surface area contributed by atoms with Crippen LogP contribution in [0.1, 0.15) is 15.9 Å². The molecule has 0 aliphatic carbocycles. The molecule has 2 nitrogen and oxygen atoms in total. The average Bonchev–Trinajstić information content (AvgIpc) is 2.15.